The van der Waals surface area contributed by atoms with Crippen LogP contribution in [-0.2, 0) is 0 Å². The predicted octanol–water partition coefficient (Wildman–Crippen LogP) is 4.40. The van der Waals surface area contributed by atoms with Crippen LogP contribution < -0.4 is 4.75 Å². The van der Waals surface area contributed by atoms with E-state index in [4.69, 9.17) is 0 Å². The Labute approximate surface area is 93.0 Å². The van der Waals surface area contributed by atoms with Gasteiger partial charge in [0.25, 0.3) is 0 Å². The van der Waals surface area contributed by atoms with Gasteiger partial charge in [-0.1, -0.05) is 61.2 Å². The number of hydrogen-bond donors (Lipinski definition) is 1. The fraction of sp³-hybridized carbons (Fsp3) is 1.00. The molecule has 0 fully saturated rings. The van der Waals surface area contributed by atoms with Crippen molar-refractivity contribution in [3.05, 3.63) is 0 Å². The first-order valence-corrected chi connectivity index (χ1v) is 10.3. The molecule has 0 aliphatic rings. The summed E-state index contributed by atoms with van der Waals surface area (Å²) >= 11 is 0. The van der Waals surface area contributed by atoms with Crippen LogP contribution in [0.3, 0.4) is 0 Å². The molecule has 0 amide bonds. The van der Waals surface area contributed by atoms with Crippen LogP contribution in [0.25, 0.3) is 0 Å². The highest BCUT2D eigenvalue weighted by Crippen LogP contribution is 2.56. The van der Waals surface area contributed by atoms with Gasteiger partial charge in [-0.05, 0) is 18.4 Å². The number of nitrogens with one attached hydrogen (secondary N) is 1. The third-order valence-corrected chi connectivity index (χ3v) is 8.05. The van der Waals surface area contributed by atoms with Gasteiger partial charge >= 0.3 is 0 Å². The fourth-order valence-electron chi connectivity index (χ4n) is 1.68. The Morgan fingerprint density at radius 1 is 0.786 bits per heavy atom. The van der Waals surface area contributed by atoms with E-state index in [0.717, 1.165) is 0 Å². The third-order valence-electron chi connectivity index (χ3n) is 1.79. The summed E-state index contributed by atoms with van der Waals surface area (Å²) in [6, 6.07) is 0. The van der Waals surface area contributed by atoms with Gasteiger partial charge in [0.2, 0.25) is 0 Å². The molecule has 1 N–H and O–H groups in total. The van der Waals surface area contributed by atoms with Crippen molar-refractivity contribution in [2.24, 2.45) is 0 Å². The Hall–Kier alpha value is 0.607. The van der Waals surface area contributed by atoms with E-state index in [0.29, 0.717) is 10.3 Å². The summed E-state index contributed by atoms with van der Waals surface area (Å²) in [5.74, 6) is 0. The Bertz CT molecular complexity index is 169. The summed E-state index contributed by atoms with van der Waals surface area (Å²) in [5.41, 5.74) is 0. The monoisotopic (exact) mass is 233 g/mol. The van der Waals surface area contributed by atoms with E-state index in [-0.39, 0.29) is 8.07 Å². The molecule has 14 heavy (non-hydrogen) atoms. The van der Waals surface area contributed by atoms with Gasteiger partial charge in [0.05, 0.1) is 0 Å². The zero-order valence-electron chi connectivity index (χ0n) is 11.4. The molecule has 0 unspecified atom stereocenters. The summed E-state index contributed by atoms with van der Waals surface area (Å²) in [7, 11) is -1.28. The molecule has 0 spiro atoms. The van der Waals surface area contributed by atoms with Crippen molar-refractivity contribution in [2.45, 2.75) is 71.5 Å². The fourth-order valence-corrected chi connectivity index (χ4v) is 9.06. The van der Waals surface area contributed by atoms with Gasteiger partial charge in [-0.3, -0.25) is 0 Å². The number of rotatable bonds is 2. The first-order chi connectivity index (χ1) is 5.84. The van der Waals surface area contributed by atoms with Gasteiger partial charge in [-0.2, -0.15) is 0 Å². The minimum absolute atomic E-state index is 0.119. The molecular formula is C11H28NPSi. The predicted molar refractivity (Wildman–Crippen MR) is 72.9 cm³/mol. The molecule has 0 rings (SSSR count). The van der Waals surface area contributed by atoms with Crippen molar-refractivity contribution in [2.75, 3.05) is 0 Å². The van der Waals surface area contributed by atoms with Crippen molar-refractivity contribution in [1.29, 1.82) is 0 Å². The maximum atomic E-state index is 3.94. The van der Waals surface area contributed by atoms with Crippen LogP contribution >= 0.6 is 8.07 Å². The third kappa shape index (κ3) is 5.48. The lowest BCUT2D eigenvalue weighted by Gasteiger charge is -2.45. The van der Waals surface area contributed by atoms with Crippen molar-refractivity contribution < 1.29 is 0 Å². The minimum atomic E-state index is -1.16. The minimum Gasteiger partial charge on any atom is -0.316 e. The zero-order chi connectivity index (χ0) is 11.8. The Kier molecular flexibility index (Phi) is 4.41. The first kappa shape index (κ1) is 14.6. The van der Waals surface area contributed by atoms with Crippen molar-refractivity contribution in [1.82, 2.24) is 4.75 Å². The topological polar surface area (TPSA) is 12.0 Å². The van der Waals surface area contributed by atoms with Gasteiger partial charge < -0.3 is 4.75 Å². The lowest BCUT2D eigenvalue weighted by Crippen LogP contribution is -2.45. The van der Waals surface area contributed by atoms with E-state index in [1.807, 2.05) is 0 Å². The molecular weight excluding hydrogens is 205 g/mol. The second-order valence-corrected chi connectivity index (χ2v) is 15.8. The van der Waals surface area contributed by atoms with Gasteiger partial charge in [-0.25, -0.2) is 0 Å². The lowest BCUT2D eigenvalue weighted by molar-refractivity contribution is 0.699. The molecule has 0 saturated heterocycles. The van der Waals surface area contributed by atoms with Crippen molar-refractivity contribution in [3.8, 4) is 0 Å². The SMILES string of the molecule is CC(C)(C)P(N[Si](C)(C)C)C(C)(C)C. The van der Waals surface area contributed by atoms with E-state index >= 15 is 0 Å². The Morgan fingerprint density at radius 3 is 1.14 bits per heavy atom. The van der Waals surface area contributed by atoms with E-state index in [1.165, 1.54) is 0 Å². The molecule has 0 aromatic carbocycles. The second-order valence-electron chi connectivity index (χ2n) is 7.04. The van der Waals surface area contributed by atoms with Crippen LogP contribution in [-0.4, -0.2) is 18.5 Å². The summed E-state index contributed by atoms with van der Waals surface area (Å²) in [4.78, 5) is 0. The second kappa shape index (κ2) is 4.23. The van der Waals surface area contributed by atoms with Gasteiger partial charge in [0.1, 0.15) is 8.24 Å². The number of hydrogen-bond acceptors (Lipinski definition) is 1. The largest absolute Gasteiger partial charge is 0.316 e. The maximum absolute atomic E-state index is 3.94. The molecule has 0 radical (unpaired) electrons. The zero-order valence-corrected chi connectivity index (χ0v) is 13.3. The van der Waals surface area contributed by atoms with Crippen LogP contribution in [0.4, 0.5) is 0 Å². The molecule has 3 heteroatoms. The quantitative estimate of drug-likeness (QED) is 0.550. The van der Waals surface area contributed by atoms with Crippen LogP contribution in [0.15, 0.2) is 0 Å². The molecule has 0 heterocycles. The van der Waals surface area contributed by atoms with Crippen LogP contribution in [0, 0.1) is 0 Å². The van der Waals surface area contributed by atoms with Crippen molar-refractivity contribution in [3.63, 3.8) is 0 Å². The van der Waals surface area contributed by atoms with Crippen LogP contribution in [0.5, 0.6) is 0 Å². The molecule has 0 saturated carbocycles. The smallest absolute Gasteiger partial charge is 0.120 e. The molecule has 1 nitrogen and oxygen atoms in total. The highest BCUT2D eigenvalue weighted by Gasteiger charge is 2.36. The molecule has 0 aromatic heterocycles. The van der Waals surface area contributed by atoms with E-state index in [2.05, 4.69) is 65.9 Å². The summed E-state index contributed by atoms with van der Waals surface area (Å²) in [5, 5.41) is 0.793. The molecule has 0 aliphatic heterocycles. The van der Waals surface area contributed by atoms with Crippen LogP contribution in [0.2, 0.25) is 19.6 Å². The highest BCUT2D eigenvalue weighted by molar-refractivity contribution is 7.61. The lowest BCUT2D eigenvalue weighted by atomic mass is 10.2. The molecule has 0 aliphatic carbocycles. The molecule has 0 atom stereocenters. The molecule has 0 aromatic rings. The first-order valence-electron chi connectivity index (χ1n) is 5.42. The Balaban J connectivity index is 4.78. The normalized spacial score (nSPS) is 15.0. The molecule has 0 bridgehead atoms. The average molecular weight is 233 g/mol. The van der Waals surface area contributed by atoms with E-state index in [1.54, 1.807) is 0 Å². The Morgan fingerprint density at radius 2 is 1.07 bits per heavy atom. The van der Waals surface area contributed by atoms with Gasteiger partial charge in [-0.15, -0.1) is 0 Å². The average Bonchev–Trinajstić information content (AvgIpc) is 1.75. The summed E-state index contributed by atoms with van der Waals surface area (Å²) in [6.45, 7) is 21.3. The standard InChI is InChI=1S/C11H28NPSi/c1-10(2,3)13(11(4,5)6)12-14(7,8)9/h12H,1-9H3. The van der Waals surface area contributed by atoms with Gasteiger partial charge in [0.15, 0.2) is 0 Å². The molecule has 86 valence electrons. The summed E-state index contributed by atoms with van der Waals surface area (Å²) < 4.78 is 3.94. The van der Waals surface area contributed by atoms with Crippen LogP contribution in [0.1, 0.15) is 41.5 Å². The van der Waals surface area contributed by atoms with Gasteiger partial charge in [0, 0.05) is 0 Å². The maximum Gasteiger partial charge on any atom is 0.120 e. The van der Waals surface area contributed by atoms with Crippen molar-refractivity contribution >= 4 is 16.3 Å². The van der Waals surface area contributed by atoms with E-state index in [9.17, 15) is 0 Å². The van der Waals surface area contributed by atoms with E-state index < -0.39 is 8.24 Å². The highest BCUT2D eigenvalue weighted by atomic mass is 31.1. The summed E-state index contributed by atoms with van der Waals surface area (Å²) in [6.07, 6.45) is 0.